The van der Waals surface area contributed by atoms with Crippen LogP contribution in [0.4, 0.5) is 4.39 Å². The maximum absolute atomic E-state index is 13.2. The van der Waals surface area contributed by atoms with Gasteiger partial charge in [-0.3, -0.25) is 14.4 Å². The van der Waals surface area contributed by atoms with Gasteiger partial charge in [0.15, 0.2) is 0 Å². The predicted octanol–water partition coefficient (Wildman–Crippen LogP) is 1.01. The van der Waals surface area contributed by atoms with Crippen molar-refractivity contribution in [2.24, 2.45) is 0 Å². The van der Waals surface area contributed by atoms with E-state index >= 15 is 0 Å². The van der Waals surface area contributed by atoms with Gasteiger partial charge in [0, 0.05) is 18.9 Å². The van der Waals surface area contributed by atoms with E-state index < -0.39 is 5.91 Å². The van der Waals surface area contributed by atoms with Gasteiger partial charge in [0.25, 0.3) is 0 Å². The number of rotatable bonds is 7. The molecule has 0 radical (unpaired) electrons. The summed E-state index contributed by atoms with van der Waals surface area (Å²) in [6.07, 6.45) is 4.02. The fourth-order valence-electron chi connectivity index (χ4n) is 3.20. The van der Waals surface area contributed by atoms with Gasteiger partial charge in [-0.1, -0.05) is 25.0 Å². The van der Waals surface area contributed by atoms with Gasteiger partial charge in [-0.25, -0.2) is 4.39 Å². The number of carbonyl (C=O) groups is 3. The second kappa shape index (κ2) is 8.60. The van der Waals surface area contributed by atoms with Gasteiger partial charge in [-0.2, -0.15) is 0 Å². The molecular weight excluding hydrogens is 325 g/mol. The minimum atomic E-state index is -0.417. The zero-order valence-electron chi connectivity index (χ0n) is 14.4. The predicted molar refractivity (Wildman–Crippen MR) is 91.2 cm³/mol. The standard InChI is InChI=1S/C18H24FN3O3/c1-13(23)20-10-16(24)21-11-17(25)22-12-18(8-2-3-9-18)14-4-6-15(19)7-5-14/h4-7H,2-3,8-12H2,1H3,(H,20,23)(H,21,24)(H,22,25). The number of amides is 3. The first-order chi connectivity index (χ1) is 11.9. The van der Waals surface area contributed by atoms with Crippen LogP contribution in [0.1, 0.15) is 38.2 Å². The highest BCUT2D eigenvalue weighted by atomic mass is 19.1. The molecule has 0 aromatic heterocycles. The van der Waals surface area contributed by atoms with E-state index in [1.807, 2.05) is 0 Å². The summed E-state index contributed by atoms with van der Waals surface area (Å²) >= 11 is 0. The first-order valence-corrected chi connectivity index (χ1v) is 8.45. The molecule has 0 unspecified atom stereocenters. The van der Waals surface area contributed by atoms with Crippen LogP contribution in [0.5, 0.6) is 0 Å². The van der Waals surface area contributed by atoms with E-state index in [0.29, 0.717) is 6.54 Å². The van der Waals surface area contributed by atoms with E-state index in [1.165, 1.54) is 19.1 Å². The Morgan fingerprint density at radius 3 is 2.12 bits per heavy atom. The van der Waals surface area contributed by atoms with E-state index in [2.05, 4.69) is 16.0 Å². The Hall–Kier alpha value is -2.44. The van der Waals surface area contributed by atoms with Crippen LogP contribution in [0.15, 0.2) is 24.3 Å². The Bertz CT molecular complexity index is 625. The molecular formula is C18H24FN3O3. The second-order valence-electron chi connectivity index (χ2n) is 6.46. The third kappa shape index (κ3) is 5.55. The van der Waals surface area contributed by atoms with Crippen LogP contribution in [0, 0.1) is 5.82 Å². The molecule has 6 nitrogen and oxygen atoms in total. The van der Waals surface area contributed by atoms with Crippen molar-refractivity contribution >= 4 is 17.7 Å². The highest BCUT2D eigenvalue weighted by Crippen LogP contribution is 2.40. The van der Waals surface area contributed by atoms with E-state index in [4.69, 9.17) is 0 Å². The molecule has 3 amide bonds. The van der Waals surface area contributed by atoms with Gasteiger partial charge in [0.05, 0.1) is 13.1 Å². The Morgan fingerprint density at radius 2 is 1.52 bits per heavy atom. The fraction of sp³-hybridized carbons (Fsp3) is 0.500. The van der Waals surface area contributed by atoms with Crippen LogP contribution in [-0.4, -0.2) is 37.4 Å². The average Bonchev–Trinajstić information content (AvgIpc) is 3.07. The largest absolute Gasteiger partial charge is 0.354 e. The number of hydrogen-bond acceptors (Lipinski definition) is 3. The zero-order valence-corrected chi connectivity index (χ0v) is 14.4. The van der Waals surface area contributed by atoms with E-state index in [9.17, 15) is 18.8 Å². The lowest BCUT2D eigenvalue weighted by Crippen LogP contribution is -2.45. The third-order valence-electron chi connectivity index (χ3n) is 4.59. The molecule has 0 heterocycles. The first kappa shape index (κ1) is 18.9. The summed E-state index contributed by atoms with van der Waals surface area (Å²) in [5.74, 6) is -1.28. The van der Waals surface area contributed by atoms with E-state index in [1.54, 1.807) is 12.1 Å². The summed E-state index contributed by atoms with van der Waals surface area (Å²) < 4.78 is 13.2. The maximum atomic E-state index is 13.2. The van der Waals surface area contributed by atoms with Gasteiger partial charge < -0.3 is 16.0 Å². The number of benzene rings is 1. The monoisotopic (exact) mass is 349 g/mol. The summed E-state index contributed by atoms with van der Waals surface area (Å²) in [7, 11) is 0. The summed E-state index contributed by atoms with van der Waals surface area (Å²) in [4.78, 5) is 34.2. The van der Waals surface area contributed by atoms with E-state index in [-0.39, 0.29) is 36.1 Å². The van der Waals surface area contributed by atoms with Crippen molar-refractivity contribution in [3.63, 3.8) is 0 Å². The normalized spacial score (nSPS) is 15.4. The Morgan fingerprint density at radius 1 is 0.960 bits per heavy atom. The molecule has 136 valence electrons. The lowest BCUT2D eigenvalue weighted by molar-refractivity contribution is -0.127. The van der Waals surface area contributed by atoms with Gasteiger partial charge in [0.2, 0.25) is 17.7 Å². The summed E-state index contributed by atoms with van der Waals surface area (Å²) in [5, 5.41) is 7.69. The van der Waals surface area contributed by atoms with Crippen molar-refractivity contribution in [3.8, 4) is 0 Å². The second-order valence-corrected chi connectivity index (χ2v) is 6.46. The molecule has 3 N–H and O–H groups in total. The van der Waals surface area contributed by atoms with Crippen LogP contribution in [0.3, 0.4) is 0 Å². The first-order valence-electron chi connectivity index (χ1n) is 8.45. The molecule has 1 aromatic carbocycles. The molecule has 7 heteroatoms. The smallest absolute Gasteiger partial charge is 0.239 e. The summed E-state index contributed by atoms with van der Waals surface area (Å²) in [5.41, 5.74) is 0.852. The number of hydrogen-bond donors (Lipinski definition) is 3. The molecule has 1 aliphatic rings. The average molecular weight is 349 g/mol. The Balaban J connectivity index is 1.85. The van der Waals surface area contributed by atoms with Crippen molar-refractivity contribution in [1.29, 1.82) is 0 Å². The number of carbonyl (C=O) groups excluding carboxylic acids is 3. The van der Waals surface area contributed by atoms with Crippen LogP contribution < -0.4 is 16.0 Å². The summed E-state index contributed by atoms with van der Waals surface area (Å²) in [6, 6.07) is 6.45. The topological polar surface area (TPSA) is 87.3 Å². The maximum Gasteiger partial charge on any atom is 0.239 e. The van der Waals surface area contributed by atoms with Gasteiger partial charge >= 0.3 is 0 Å². The van der Waals surface area contributed by atoms with Crippen molar-refractivity contribution in [2.45, 2.75) is 38.0 Å². The lowest BCUT2D eigenvalue weighted by atomic mass is 9.79. The molecule has 1 fully saturated rings. The highest BCUT2D eigenvalue weighted by Gasteiger charge is 2.35. The highest BCUT2D eigenvalue weighted by molar-refractivity contribution is 5.87. The van der Waals surface area contributed by atoms with Crippen LogP contribution in [-0.2, 0) is 19.8 Å². The van der Waals surface area contributed by atoms with Gasteiger partial charge in [-0.15, -0.1) is 0 Å². The van der Waals surface area contributed by atoms with Crippen molar-refractivity contribution in [3.05, 3.63) is 35.6 Å². The van der Waals surface area contributed by atoms with Crippen LogP contribution in [0.25, 0.3) is 0 Å². The van der Waals surface area contributed by atoms with Crippen molar-refractivity contribution in [1.82, 2.24) is 16.0 Å². The van der Waals surface area contributed by atoms with Gasteiger partial charge in [0.1, 0.15) is 5.82 Å². The molecule has 25 heavy (non-hydrogen) atoms. The minimum Gasteiger partial charge on any atom is -0.354 e. The SMILES string of the molecule is CC(=O)NCC(=O)NCC(=O)NCC1(c2ccc(F)cc2)CCCC1. The van der Waals surface area contributed by atoms with Crippen molar-refractivity contribution in [2.75, 3.05) is 19.6 Å². The van der Waals surface area contributed by atoms with Crippen molar-refractivity contribution < 1.29 is 18.8 Å². The lowest BCUT2D eigenvalue weighted by Gasteiger charge is -2.30. The summed E-state index contributed by atoms with van der Waals surface area (Å²) in [6.45, 7) is 1.48. The van der Waals surface area contributed by atoms with E-state index in [0.717, 1.165) is 31.2 Å². The minimum absolute atomic E-state index is 0.141. The molecule has 0 bridgehead atoms. The molecule has 0 spiro atoms. The Labute approximate surface area is 146 Å². The molecule has 0 aliphatic heterocycles. The van der Waals surface area contributed by atoms with Gasteiger partial charge in [-0.05, 0) is 30.5 Å². The van der Waals surface area contributed by atoms with Crippen LogP contribution >= 0.6 is 0 Å². The number of halogens is 1. The quantitative estimate of drug-likeness (QED) is 0.686. The molecule has 0 saturated heterocycles. The number of nitrogens with one attached hydrogen (secondary N) is 3. The Kier molecular flexibility index (Phi) is 6.50. The fourth-order valence-corrected chi connectivity index (χ4v) is 3.20. The third-order valence-corrected chi connectivity index (χ3v) is 4.59. The molecule has 1 saturated carbocycles. The molecule has 2 rings (SSSR count). The molecule has 0 atom stereocenters. The van der Waals surface area contributed by atoms with Crippen LogP contribution in [0.2, 0.25) is 0 Å². The molecule has 1 aromatic rings. The molecule has 1 aliphatic carbocycles. The zero-order chi connectivity index (χ0) is 18.3.